The molecule has 0 atom stereocenters. The summed E-state index contributed by atoms with van der Waals surface area (Å²) in [5, 5.41) is 3.40. The van der Waals surface area contributed by atoms with Crippen molar-refractivity contribution >= 4 is 15.9 Å². The number of aryl methyl sites for hydroxylation is 1. The van der Waals surface area contributed by atoms with E-state index in [1.807, 2.05) is 0 Å². The monoisotopic (exact) mass is 347 g/mol. The number of unbranched alkanes of at least 4 members (excludes halogenated alkanes) is 3. The van der Waals surface area contributed by atoms with Gasteiger partial charge in [-0.15, -0.1) is 0 Å². The van der Waals surface area contributed by atoms with Gasteiger partial charge in [-0.25, -0.2) is 8.78 Å². The quantitative estimate of drug-likeness (QED) is 0.485. The number of halogens is 3. The molecule has 0 saturated heterocycles. The summed E-state index contributed by atoms with van der Waals surface area (Å²) in [6.07, 6.45) is 4.84. The molecule has 0 saturated carbocycles. The summed E-state index contributed by atoms with van der Waals surface area (Å²) < 4.78 is 27.1. The second-order valence-corrected chi connectivity index (χ2v) is 6.47. The van der Waals surface area contributed by atoms with Gasteiger partial charge in [-0.1, -0.05) is 26.7 Å². The van der Waals surface area contributed by atoms with Crippen LogP contribution in [0.5, 0.6) is 0 Å². The fraction of sp³-hybridized carbons (Fsp3) is 0.625. The normalized spacial score (nSPS) is 11.3. The molecule has 1 rings (SSSR count). The summed E-state index contributed by atoms with van der Waals surface area (Å²) in [4.78, 5) is 0. The van der Waals surface area contributed by atoms with E-state index < -0.39 is 0 Å². The summed E-state index contributed by atoms with van der Waals surface area (Å²) in [6.45, 7) is 6.49. The van der Waals surface area contributed by atoms with Crippen molar-refractivity contribution in [1.29, 1.82) is 0 Å². The maximum Gasteiger partial charge on any atom is 0.137 e. The molecule has 1 N–H and O–H groups in total. The summed E-state index contributed by atoms with van der Waals surface area (Å²) in [6, 6.07) is 2.50. The van der Waals surface area contributed by atoms with Crippen molar-refractivity contribution in [3.8, 4) is 0 Å². The number of hydrogen-bond donors (Lipinski definition) is 1. The van der Waals surface area contributed by atoms with Gasteiger partial charge in [0.2, 0.25) is 0 Å². The Hall–Kier alpha value is -0.480. The zero-order valence-corrected chi connectivity index (χ0v) is 13.9. The zero-order valence-electron chi connectivity index (χ0n) is 12.3. The highest BCUT2D eigenvalue weighted by atomic mass is 79.9. The molecule has 0 aromatic heterocycles. The Kier molecular flexibility index (Phi) is 8.31. The number of hydrogen-bond acceptors (Lipinski definition) is 1. The molecule has 0 aliphatic rings. The van der Waals surface area contributed by atoms with Gasteiger partial charge in [-0.3, -0.25) is 0 Å². The Balaban J connectivity index is 2.14. The first-order chi connectivity index (χ1) is 9.50. The van der Waals surface area contributed by atoms with Crippen LogP contribution in [0, 0.1) is 17.6 Å². The Morgan fingerprint density at radius 1 is 1.05 bits per heavy atom. The summed E-state index contributed by atoms with van der Waals surface area (Å²) in [5.41, 5.74) is 0.476. The van der Waals surface area contributed by atoms with Crippen LogP contribution in [0.1, 0.15) is 45.1 Å². The molecule has 0 fully saturated rings. The highest BCUT2D eigenvalue weighted by Crippen LogP contribution is 2.21. The number of benzene rings is 1. The molecule has 0 bridgehead atoms. The average molecular weight is 348 g/mol. The standard InChI is InChI=1S/C16H24BrF2N/c1-12(2)11-20-8-6-4-3-5-7-13-9-16(19)14(17)10-15(13)18/h9-10,12,20H,3-8,11H2,1-2H3. The summed E-state index contributed by atoms with van der Waals surface area (Å²) in [5.74, 6) is -0.0264. The van der Waals surface area contributed by atoms with Crippen LogP contribution in [0.15, 0.2) is 16.6 Å². The lowest BCUT2D eigenvalue weighted by molar-refractivity contribution is 0.523. The Labute approximate surface area is 129 Å². The van der Waals surface area contributed by atoms with Gasteiger partial charge in [0.25, 0.3) is 0 Å². The van der Waals surface area contributed by atoms with Gasteiger partial charge in [0.05, 0.1) is 4.47 Å². The number of rotatable bonds is 9. The van der Waals surface area contributed by atoms with Crippen molar-refractivity contribution < 1.29 is 8.78 Å². The van der Waals surface area contributed by atoms with Crippen LogP contribution in [0.2, 0.25) is 0 Å². The molecule has 1 nitrogen and oxygen atoms in total. The molecular weight excluding hydrogens is 324 g/mol. The van der Waals surface area contributed by atoms with Gasteiger partial charge in [-0.2, -0.15) is 0 Å². The first kappa shape index (κ1) is 17.6. The lowest BCUT2D eigenvalue weighted by atomic mass is 10.1. The van der Waals surface area contributed by atoms with Crippen molar-refractivity contribution in [3.63, 3.8) is 0 Å². The van der Waals surface area contributed by atoms with Crippen molar-refractivity contribution in [2.45, 2.75) is 46.0 Å². The lowest BCUT2D eigenvalue weighted by Gasteiger charge is -2.07. The van der Waals surface area contributed by atoms with Crippen molar-refractivity contribution in [2.24, 2.45) is 5.92 Å². The van der Waals surface area contributed by atoms with Gasteiger partial charge in [0, 0.05) is 0 Å². The van der Waals surface area contributed by atoms with E-state index in [1.54, 1.807) is 0 Å². The van der Waals surface area contributed by atoms with E-state index in [-0.39, 0.29) is 16.1 Å². The topological polar surface area (TPSA) is 12.0 Å². The SMILES string of the molecule is CC(C)CNCCCCCCc1cc(F)c(Br)cc1F. The Morgan fingerprint density at radius 2 is 1.75 bits per heavy atom. The van der Waals surface area contributed by atoms with Gasteiger partial charge >= 0.3 is 0 Å². The molecule has 1 aromatic carbocycles. The molecule has 0 aliphatic heterocycles. The van der Waals surface area contributed by atoms with Gasteiger partial charge in [-0.05, 0) is 71.9 Å². The molecule has 4 heteroatoms. The lowest BCUT2D eigenvalue weighted by Crippen LogP contribution is -2.20. The number of nitrogens with one attached hydrogen (secondary N) is 1. The van der Waals surface area contributed by atoms with Crippen molar-refractivity contribution in [1.82, 2.24) is 5.32 Å². The van der Waals surface area contributed by atoms with E-state index >= 15 is 0 Å². The maximum absolute atomic E-state index is 13.6. The average Bonchev–Trinajstić information content (AvgIpc) is 2.38. The smallest absolute Gasteiger partial charge is 0.137 e. The van der Waals surface area contributed by atoms with E-state index in [2.05, 4.69) is 35.1 Å². The van der Waals surface area contributed by atoms with E-state index in [9.17, 15) is 8.78 Å². The van der Waals surface area contributed by atoms with Crippen LogP contribution >= 0.6 is 15.9 Å². The predicted molar refractivity (Wildman–Crippen MR) is 83.9 cm³/mol. The minimum absolute atomic E-state index is 0.190. The largest absolute Gasteiger partial charge is 0.316 e. The van der Waals surface area contributed by atoms with Crippen molar-refractivity contribution in [3.05, 3.63) is 33.8 Å². The molecule has 0 amide bonds. The summed E-state index contributed by atoms with van der Waals surface area (Å²) >= 11 is 2.99. The minimum Gasteiger partial charge on any atom is -0.316 e. The fourth-order valence-electron chi connectivity index (χ4n) is 2.07. The van der Waals surface area contributed by atoms with Crippen molar-refractivity contribution in [2.75, 3.05) is 13.1 Å². The third kappa shape index (κ3) is 6.80. The zero-order chi connectivity index (χ0) is 15.0. The Morgan fingerprint density at radius 3 is 2.45 bits per heavy atom. The first-order valence-corrected chi connectivity index (χ1v) is 8.14. The second-order valence-electron chi connectivity index (χ2n) is 5.62. The van der Waals surface area contributed by atoms with Gasteiger partial charge < -0.3 is 5.32 Å². The fourth-order valence-corrected chi connectivity index (χ4v) is 2.38. The minimum atomic E-state index is -0.390. The van der Waals surface area contributed by atoms with E-state index in [1.165, 1.54) is 12.1 Å². The maximum atomic E-state index is 13.6. The second kappa shape index (κ2) is 9.46. The van der Waals surface area contributed by atoms with Gasteiger partial charge in [0.1, 0.15) is 11.6 Å². The van der Waals surface area contributed by atoms with E-state index in [4.69, 9.17) is 0 Å². The van der Waals surface area contributed by atoms with Crippen LogP contribution in [-0.4, -0.2) is 13.1 Å². The van der Waals surface area contributed by atoms with Crippen LogP contribution in [0.25, 0.3) is 0 Å². The van der Waals surface area contributed by atoms with Crippen LogP contribution in [-0.2, 0) is 6.42 Å². The molecule has 20 heavy (non-hydrogen) atoms. The van der Waals surface area contributed by atoms with Crippen LogP contribution in [0.4, 0.5) is 8.78 Å². The van der Waals surface area contributed by atoms with E-state index in [0.29, 0.717) is 17.9 Å². The third-order valence-corrected chi connectivity index (χ3v) is 3.80. The van der Waals surface area contributed by atoms with Crippen LogP contribution in [0.3, 0.4) is 0 Å². The molecule has 0 radical (unpaired) electrons. The van der Waals surface area contributed by atoms with Crippen LogP contribution < -0.4 is 5.32 Å². The predicted octanol–water partition coefficient (Wildman–Crippen LogP) is 5.08. The molecule has 0 spiro atoms. The van der Waals surface area contributed by atoms with Gasteiger partial charge in [0.15, 0.2) is 0 Å². The highest BCUT2D eigenvalue weighted by Gasteiger charge is 2.07. The summed E-state index contributed by atoms with van der Waals surface area (Å²) in [7, 11) is 0. The molecule has 114 valence electrons. The highest BCUT2D eigenvalue weighted by molar-refractivity contribution is 9.10. The molecular formula is C16H24BrF2N. The molecule has 0 unspecified atom stereocenters. The van der Waals surface area contributed by atoms with E-state index in [0.717, 1.165) is 38.8 Å². The molecule has 0 aliphatic carbocycles. The molecule has 0 heterocycles. The third-order valence-electron chi connectivity index (χ3n) is 3.19. The molecule has 1 aromatic rings. The Bertz CT molecular complexity index is 408. The first-order valence-electron chi connectivity index (χ1n) is 7.35.